The van der Waals surface area contributed by atoms with Gasteiger partial charge in [-0.2, -0.15) is 0 Å². The minimum Gasteiger partial charge on any atom is -0.333 e. The summed E-state index contributed by atoms with van der Waals surface area (Å²) in [5.74, 6) is 2.66. The summed E-state index contributed by atoms with van der Waals surface area (Å²) in [6, 6.07) is 0.142. The molecule has 0 aromatic carbocycles. The molecule has 19 heavy (non-hydrogen) atoms. The number of hydrogen-bond donors (Lipinski definition) is 1. The van der Waals surface area contributed by atoms with Crippen molar-refractivity contribution in [2.45, 2.75) is 50.5 Å². The average Bonchev–Trinajstić information content (AvgIpc) is 2.33. The fraction of sp³-hybridized carbons (Fsp3) is 0.933. The molecule has 0 unspecified atom stereocenters. The number of carbonyl (C=O) groups is 1. The van der Waals surface area contributed by atoms with E-state index >= 15 is 0 Å². The van der Waals surface area contributed by atoms with Crippen molar-refractivity contribution in [3.63, 3.8) is 0 Å². The van der Waals surface area contributed by atoms with Crippen LogP contribution < -0.4 is 5.32 Å². The second-order valence-corrected chi connectivity index (χ2v) is 7.89. The second-order valence-electron chi connectivity index (χ2n) is 7.09. The lowest BCUT2D eigenvalue weighted by molar-refractivity contribution is -0.0152. The van der Waals surface area contributed by atoms with Crippen LogP contribution in [0.15, 0.2) is 0 Å². The first-order valence-electron chi connectivity index (χ1n) is 7.69. The van der Waals surface area contributed by atoms with E-state index in [1.807, 2.05) is 11.9 Å². The zero-order valence-electron chi connectivity index (χ0n) is 11.8. The molecule has 4 fully saturated rings. The lowest BCUT2D eigenvalue weighted by Gasteiger charge is -2.57. The van der Waals surface area contributed by atoms with Gasteiger partial charge in [-0.15, -0.1) is 0 Å². The molecule has 4 saturated carbocycles. The molecule has 4 rings (SSSR count). The maximum Gasteiger partial charge on any atom is 0.317 e. The van der Waals surface area contributed by atoms with Crippen LogP contribution in [-0.2, 0) is 0 Å². The smallest absolute Gasteiger partial charge is 0.317 e. The minimum absolute atomic E-state index is 0.142. The monoisotopic (exact) mass is 328 g/mol. The molecule has 4 aliphatic carbocycles. The molecule has 0 saturated heterocycles. The summed E-state index contributed by atoms with van der Waals surface area (Å²) in [7, 11) is 1.92. The van der Waals surface area contributed by atoms with Crippen molar-refractivity contribution >= 4 is 22.0 Å². The van der Waals surface area contributed by atoms with E-state index in [4.69, 9.17) is 0 Å². The zero-order valence-corrected chi connectivity index (χ0v) is 13.4. The predicted octanol–water partition coefficient (Wildman–Crippen LogP) is 3.38. The van der Waals surface area contributed by atoms with E-state index in [1.54, 1.807) is 0 Å². The maximum absolute atomic E-state index is 12.3. The highest BCUT2D eigenvalue weighted by Crippen LogP contribution is 2.55. The van der Waals surface area contributed by atoms with E-state index in [0.29, 0.717) is 0 Å². The van der Waals surface area contributed by atoms with Crippen molar-refractivity contribution in [2.75, 3.05) is 18.9 Å². The number of alkyl halides is 1. The number of urea groups is 1. The molecule has 0 aromatic rings. The minimum atomic E-state index is 0.142. The Kier molecular flexibility index (Phi) is 3.80. The number of amides is 2. The van der Waals surface area contributed by atoms with E-state index in [2.05, 4.69) is 21.2 Å². The molecule has 4 heteroatoms. The Morgan fingerprint density at radius 2 is 1.74 bits per heavy atom. The lowest BCUT2D eigenvalue weighted by Crippen LogP contribution is -2.61. The number of carbonyl (C=O) groups excluding carboxylic acids is 1. The quantitative estimate of drug-likeness (QED) is 0.788. The van der Waals surface area contributed by atoms with Crippen LogP contribution in [0, 0.1) is 17.8 Å². The number of rotatable bonds is 4. The maximum atomic E-state index is 12.3. The van der Waals surface area contributed by atoms with Crippen molar-refractivity contribution in [3.8, 4) is 0 Å². The molecule has 2 amide bonds. The van der Waals surface area contributed by atoms with Gasteiger partial charge in [-0.1, -0.05) is 15.9 Å². The Hall–Kier alpha value is -0.250. The first kappa shape index (κ1) is 13.7. The molecule has 0 spiro atoms. The molecule has 0 aromatic heterocycles. The molecule has 1 N–H and O–H groups in total. The standard InChI is InChI=1S/C15H25BrN2O/c1-18(4-2-3-16)14(19)17-15-8-11-5-12(9-15)7-13(6-11)10-15/h11-13H,2-10H2,1H3,(H,17,19). The van der Waals surface area contributed by atoms with Gasteiger partial charge in [0.2, 0.25) is 0 Å². The van der Waals surface area contributed by atoms with Crippen LogP contribution in [0.4, 0.5) is 4.79 Å². The lowest BCUT2D eigenvalue weighted by atomic mass is 9.53. The normalized spacial score (nSPS) is 39.4. The third-order valence-electron chi connectivity index (χ3n) is 5.38. The van der Waals surface area contributed by atoms with Crippen molar-refractivity contribution in [1.29, 1.82) is 0 Å². The second kappa shape index (κ2) is 5.27. The van der Waals surface area contributed by atoms with Crippen LogP contribution in [0.1, 0.15) is 44.9 Å². The number of hydrogen-bond acceptors (Lipinski definition) is 1. The summed E-state index contributed by atoms with van der Waals surface area (Å²) in [6.45, 7) is 0.837. The fourth-order valence-corrected chi connectivity index (χ4v) is 5.24. The van der Waals surface area contributed by atoms with Crippen molar-refractivity contribution in [3.05, 3.63) is 0 Å². The summed E-state index contributed by atoms with van der Waals surface area (Å²) in [5, 5.41) is 4.37. The van der Waals surface area contributed by atoms with Gasteiger partial charge in [-0.05, 0) is 62.7 Å². The Balaban J connectivity index is 1.61. The Morgan fingerprint density at radius 1 is 1.21 bits per heavy atom. The largest absolute Gasteiger partial charge is 0.333 e. The summed E-state index contributed by atoms with van der Waals surface area (Å²) < 4.78 is 0. The number of nitrogens with zero attached hydrogens (tertiary/aromatic N) is 1. The topological polar surface area (TPSA) is 32.3 Å². The van der Waals surface area contributed by atoms with E-state index in [9.17, 15) is 4.79 Å². The van der Waals surface area contributed by atoms with Gasteiger partial charge in [0, 0.05) is 24.5 Å². The van der Waals surface area contributed by atoms with Gasteiger partial charge in [-0.3, -0.25) is 0 Å². The first-order valence-corrected chi connectivity index (χ1v) is 8.81. The van der Waals surface area contributed by atoms with Gasteiger partial charge in [0.15, 0.2) is 0 Å². The van der Waals surface area contributed by atoms with Crippen LogP contribution in [0.5, 0.6) is 0 Å². The third-order valence-corrected chi connectivity index (χ3v) is 5.94. The predicted molar refractivity (Wildman–Crippen MR) is 80.5 cm³/mol. The van der Waals surface area contributed by atoms with Gasteiger partial charge >= 0.3 is 6.03 Å². The van der Waals surface area contributed by atoms with E-state index < -0.39 is 0 Å². The van der Waals surface area contributed by atoms with Gasteiger partial charge in [0.25, 0.3) is 0 Å². The van der Waals surface area contributed by atoms with Crippen molar-refractivity contribution in [2.24, 2.45) is 17.8 Å². The molecular formula is C15H25BrN2O. The van der Waals surface area contributed by atoms with Crippen molar-refractivity contribution < 1.29 is 4.79 Å². The van der Waals surface area contributed by atoms with Crippen LogP contribution in [0.25, 0.3) is 0 Å². The molecule has 4 bridgehead atoms. The van der Waals surface area contributed by atoms with Crippen LogP contribution in [0.3, 0.4) is 0 Å². The molecule has 0 radical (unpaired) electrons. The van der Waals surface area contributed by atoms with E-state index in [-0.39, 0.29) is 11.6 Å². The number of nitrogens with one attached hydrogen (secondary N) is 1. The van der Waals surface area contributed by atoms with Crippen LogP contribution in [-0.4, -0.2) is 35.4 Å². The highest BCUT2D eigenvalue weighted by Gasteiger charge is 2.51. The molecule has 108 valence electrons. The Morgan fingerprint density at radius 3 is 2.21 bits per heavy atom. The average molecular weight is 329 g/mol. The van der Waals surface area contributed by atoms with Gasteiger partial charge < -0.3 is 10.2 Å². The molecular weight excluding hydrogens is 304 g/mol. The molecule has 3 nitrogen and oxygen atoms in total. The van der Waals surface area contributed by atoms with Crippen molar-refractivity contribution in [1.82, 2.24) is 10.2 Å². The summed E-state index contributed by atoms with van der Waals surface area (Å²) >= 11 is 3.42. The van der Waals surface area contributed by atoms with Gasteiger partial charge in [0.05, 0.1) is 0 Å². The zero-order chi connectivity index (χ0) is 13.5. The molecule has 0 atom stereocenters. The molecule has 4 aliphatic rings. The van der Waals surface area contributed by atoms with E-state index in [1.165, 1.54) is 38.5 Å². The Bertz CT molecular complexity index is 323. The third kappa shape index (κ3) is 2.79. The summed E-state index contributed by atoms with van der Waals surface area (Å²) in [4.78, 5) is 14.2. The molecule has 0 heterocycles. The highest BCUT2D eigenvalue weighted by molar-refractivity contribution is 9.09. The Labute approximate surface area is 124 Å². The number of halogens is 1. The van der Waals surface area contributed by atoms with Crippen LogP contribution >= 0.6 is 15.9 Å². The summed E-state index contributed by atoms with van der Waals surface area (Å²) in [5.41, 5.74) is 0.147. The van der Waals surface area contributed by atoms with Gasteiger partial charge in [-0.25, -0.2) is 4.79 Å². The van der Waals surface area contributed by atoms with E-state index in [0.717, 1.165) is 36.0 Å². The summed E-state index contributed by atoms with van der Waals surface area (Å²) in [6.07, 6.45) is 8.99. The fourth-order valence-electron chi connectivity index (χ4n) is 4.98. The highest BCUT2D eigenvalue weighted by atomic mass is 79.9. The molecule has 0 aliphatic heterocycles. The first-order chi connectivity index (χ1) is 9.10. The van der Waals surface area contributed by atoms with Crippen LogP contribution in [0.2, 0.25) is 0 Å². The SMILES string of the molecule is CN(CCCBr)C(=O)NC12CC3CC(CC(C3)C1)C2. The van der Waals surface area contributed by atoms with Gasteiger partial charge in [0.1, 0.15) is 0 Å².